The lowest BCUT2D eigenvalue weighted by atomic mass is 10.1. The van der Waals surface area contributed by atoms with Crippen molar-refractivity contribution in [1.29, 1.82) is 0 Å². The summed E-state index contributed by atoms with van der Waals surface area (Å²) in [7, 11) is 1.50. The van der Waals surface area contributed by atoms with Gasteiger partial charge in [-0.05, 0) is 49.2 Å². The zero-order valence-electron chi connectivity index (χ0n) is 17.7. The molecule has 8 heteroatoms. The van der Waals surface area contributed by atoms with Gasteiger partial charge in [0.1, 0.15) is 5.82 Å². The average molecular weight is 430 g/mol. The maximum atomic E-state index is 13.1. The van der Waals surface area contributed by atoms with E-state index in [-0.39, 0.29) is 42.8 Å². The van der Waals surface area contributed by atoms with E-state index in [0.717, 1.165) is 0 Å². The summed E-state index contributed by atoms with van der Waals surface area (Å²) in [6.07, 6.45) is 0.848. The van der Waals surface area contributed by atoms with E-state index in [4.69, 9.17) is 9.47 Å². The largest absolute Gasteiger partial charge is 0.493 e. The number of rotatable bonds is 12. The molecule has 7 nitrogen and oxygen atoms in total. The Bertz CT molecular complexity index is 917. The average Bonchev–Trinajstić information content (AvgIpc) is 2.74. The van der Waals surface area contributed by atoms with Crippen molar-refractivity contribution < 1.29 is 28.2 Å². The first kappa shape index (κ1) is 23.9. The van der Waals surface area contributed by atoms with Gasteiger partial charge in [-0.15, -0.1) is 0 Å². The molecule has 0 bridgehead atoms. The highest BCUT2D eigenvalue weighted by atomic mass is 19.1. The highest BCUT2D eigenvalue weighted by molar-refractivity contribution is 5.94. The predicted octanol–water partition coefficient (Wildman–Crippen LogP) is 2.67. The minimum absolute atomic E-state index is 0.0633. The van der Waals surface area contributed by atoms with Gasteiger partial charge in [0.15, 0.2) is 17.3 Å². The van der Waals surface area contributed by atoms with Crippen molar-refractivity contribution in [3.8, 4) is 11.5 Å². The highest BCUT2D eigenvalue weighted by Crippen LogP contribution is 2.28. The van der Waals surface area contributed by atoms with Crippen LogP contribution in [0.5, 0.6) is 11.5 Å². The number of hydrogen-bond donors (Lipinski definition) is 2. The van der Waals surface area contributed by atoms with Crippen LogP contribution in [-0.2, 0) is 16.0 Å². The Morgan fingerprint density at radius 3 is 2.39 bits per heavy atom. The first-order chi connectivity index (χ1) is 14.9. The Kier molecular flexibility index (Phi) is 9.48. The molecule has 0 heterocycles. The normalized spacial score (nSPS) is 10.3. The molecule has 2 rings (SSSR count). The van der Waals surface area contributed by atoms with Gasteiger partial charge in [-0.2, -0.15) is 0 Å². The number of carbonyl (C=O) groups excluding carboxylic acids is 3. The van der Waals surface area contributed by atoms with Crippen LogP contribution >= 0.6 is 0 Å². The van der Waals surface area contributed by atoms with Gasteiger partial charge in [0.2, 0.25) is 11.8 Å². The van der Waals surface area contributed by atoms with Crippen molar-refractivity contribution in [2.24, 2.45) is 0 Å². The monoisotopic (exact) mass is 430 g/mol. The van der Waals surface area contributed by atoms with Crippen LogP contribution in [0.3, 0.4) is 0 Å². The zero-order valence-corrected chi connectivity index (χ0v) is 17.7. The summed E-state index contributed by atoms with van der Waals surface area (Å²) in [4.78, 5) is 35.1. The molecule has 0 unspecified atom stereocenters. The summed E-state index contributed by atoms with van der Waals surface area (Å²) >= 11 is 0. The first-order valence-electron chi connectivity index (χ1n) is 9.98. The lowest BCUT2D eigenvalue weighted by Crippen LogP contribution is -2.35. The molecule has 0 spiro atoms. The van der Waals surface area contributed by atoms with E-state index in [2.05, 4.69) is 10.6 Å². The molecule has 0 saturated heterocycles. The molecular formula is C23H27FN2O5. The van der Waals surface area contributed by atoms with Gasteiger partial charge in [-0.1, -0.05) is 12.1 Å². The van der Waals surface area contributed by atoms with Crippen LogP contribution in [0.4, 0.5) is 4.39 Å². The third-order valence-corrected chi connectivity index (χ3v) is 4.40. The Morgan fingerprint density at radius 2 is 1.71 bits per heavy atom. The SMILES string of the molecule is COc1cc(C(C)=O)ccc1OCCCC(=O)NCCNC(=O)Cc1cccc(F)c1. The fourth-order valence-corrected chi connectivity index (χ4v) is 2.81. The molecule has 166 valence electrons. The molecule has 0 atom stereocenters. The summed E-state index contributed by atoms with van der Waals surface area (Å²) in [5.41, 5.74) is 1.13. The van der Waals surface area contributed by atoms with E-state index in [1.165, 1.54) is 26.2 Å². The molecule has 0 fully saturated rings. The maximum absolute atomic E-state index is 13.1. The fourth-order valence-electron chi connectivity index (χ4n) is 2.81. The number of carbonyl (C=O) groups is 3. The van der Waals surface area contributed by atoms with Crippen molar-refractivity contribution >= 4 is 17.6 Å². The third-order valence-electron chi connectivity index (χ3n) is 4.40. The Balaban J connectivity index is 1.60. The second-order valence-corrected chi connectivity index (χ2v) is 6.88. The van der Waals surface area contributed by atoms with Crippen LogP contribution in [0.25, 0.3) is 0 Å². The quantitative estimate of drug-likeness (QED) is 0.399. The smallest absolute Gasteiger partial charge is 0.224 e. The van der Waals surface area contributed by atoms with Crippen LogP contribution in [0.1, 0.15) is 35.7 Å². The number of ether oxygens (including phenoxy) is 2. The third kappa shape index (κ3) is 8.46. The molecule has 0 aliphatic heterocycles. The molecule has 31 heavy (non-hydrogen) atoms. The Labute approximate surface area is 180 Å². The molecular weight excluding hydrogens is 403 g/mol. The Morgan fingerprint density at radius 1 is 0.968 bits per heavy atom. The molecule has 2 aromatic rings. The summed E-state index contributed by atoms with van der Waals surface area (Å²) in [6, 6.07) is 10.8. The standard InChI is InChI=1S/C23H27FN2O5/c1-16(27)18-8-9-20(21(15-18)30-2)31-12-4-7-22(28)25-10-11-26-23(29)14-17-5-3-6-19(24)13-17/h3,5-6,8-9,13,15H,4,7,10-12,14H2,1-2H3,(H,25,28)(H,26,29). The van der Waals surface area contributed by atoms with Gasteiger partial charge < -0.3 is 20.1 Å². The lowest BCUT2D eigenvalue weighted by Gasteiger charge is -2.11. The highest BCUT2D eigenvalue weighted by Gasteiger charge is 2.09. The first-order valence-corrected chi connectivity index (χ1v) is 9.98. The van der Waals surface area contributed by atoms with Crippen molar-refractivity contribution in [3.05, 3.63) is 59.4 Å². The summed E-state index contributed by atoms with van der Waals surface area (Å²) < 4.78 is 24.0. The summed E-state index contributed by atoms with van der Waals surface area (Å²) in [6.45, 7) is 2.38. The van der Waals surface area contributed by atoms with Crippen LogP contribution in [0, 0.1) is 5.82 Å². The molecule has 0 radical (unpaired) electrons. The number of benzene rings is 2. The lowest BCUT2D eigenvalue weighted by molar-refractivity contribution is -0.122. The number of Topliss-reactive ketones (excluding diaryl/α,β-unsaturated/α-hetero) is 1. The van der Waals surface area contributed by atoms with Crippen LogP contribution < -0.4 is 20.1 Å². The molecule has 2 amide bonds. The van der Waals surface area contributed by atoms with Gasteiger partial charge in [0.25, 0.3) is 0 Å². The van der Waals surface area contributed by atoms with E-state index < -0.39 is 0 Å². The van der Waals surface area contributed by atoms with E-state index in [0.29, 0.717) is 42.2 Å². The number of hydrogen-bond acceptors (Lipinski definition) is 5. The van der Waals surface area contributed by atoms with Gasteiger partial charge in [0.05, 0.1) is 20.1 Å². The van der Waals surface area contributed by atoms with Crippen molar-refractivity contribution in [2.75, 3.05) is 26.8 Å². The van der Waals surface area contributed by atoms with Crippen molar-refractivity contribution in [2.45, 2.75) is 26.2 Å². The van der Waals surface area contributed by atoms with E-state index >= 15 is 0 Å². The molecule has 0 saturated carbocycles. The number of halogens is 1. The zero-order chi connectivity index (χ0) is 22.6. The van der Waals surface area contributed by atoms with E-state index in [1.54, 1.807) is 30.3 Å². The fraction of sp³-hybridized carbons (Fsp3) is 0.348. The second-order valence-electron chi connectivity index (χ2n) is 6.88. The van der Waals surface area contributed by atoms with Gasteiger partial charge in [-0.25, -0.2) is 4.39 Å². The second kappa shape index (κ2) is 12.3. The molecule has 0 aliphatic carbocycles. The van der Waals surface area contributed by atoms with Crippen LogP contribution in [0.2, 0.25) is 0 Å². The maximum Gasteiger partial charge on any atom is 0.224 e. The number of amides is 2. The topological polar surface area (TPSA) is 93.7 Å². The molecule has 0 aromatic heterocycles. The number of ketones is 1. The number of nitrogens with one attached hydrogen (secondary N) is 2. The van der Waals surface area contributed by atoms with E-state index in [1.807, 2.05) is 0 Å². The minimum Gasteiger partial charge on any atom is -0.493 e. The van der Waals surface area contributed by atoms with Crippen LogP contribution in [-0.4, -0.2) is 44.4 Å². The molecule has 2 aromatic carbocycles. The predicted molar refractivity (Wildman–Crippen MR) is 114 cm³/mol. The van der Waals surface area contributed by atoms with Crippen molar-refractivity contribution in [3.63, 3.8) is 0 Å². The summed E-state index contributed by atoms with van der Waals surface area (Å²) in [5, 5.41) is 5.40. The van der Waals surface area contributed by atoms with Crippen LogP contribution in [0.15, 0.2) is 42.5 Å². The number of methoxy groups -OCH3 is 1. The summed E-state index contributed by atoms with van der Waals surface area (Å²) in [5.74, 6) is 0.139. The van der Waals surface area contributed by atoms with E-state index in [9.17, 15) is 18.8 Å². The van der Waals surface area contributed by atoms with Gasteiger partial charge >= 0.3 is 0 Å². The minimum atomic E-state index is -0.381. The van der Waals surface area contributed by atoms with Crippen molar-refractivity contribution in [1.82, 2.24) is 10.6 Å². The molecule has 0 aliphatic rings. The Hall–Kier alpha value is -3.42. The van der Waals surface area contributed by atoms with Gasteiger partial charge in [-0.3, -0.25) is 14.4 Å². The van der Waals surface area contributed by atoms with Gasteiger partial charge in [0, 0.05) is 25.1 Å². The molecule has 2 N–H and O–H groups in total.